The first kappa shape index (κ1) is 19.5. The van der Waals surface area contributed by atoms with Crippen LogP contribution in [-0.4, -0.2) is 37.6 Å². The molecule has 0 bridgehead atoms. The van der Waals surface area contributed by atoms with E-state index in [2.05, 4.69) is 14.8 Å². The second-order valence-electron chi connectivity index (χ2n) is 5.51. The summed E-state index contributed by atoms with van der Waals surface area (Å²) in [4.78, 5) is 35.1. The molecule has 0 spiro atoms. The van der Waals surface area contributed by atoms with Crippen LogP contribution in [-0.2, 0) is 19.1 Å². The number of benzene rings is 1. The predicted octanol–water partition coefficient (Wildman–Crippen LogP) is 1.83. The fraction of sp³-hybridized carbons (Fsp3) is 0.438. The Kier molecular flexibility index (Phi) is 7.29. The lowest BCUT2D eigenvalue weighted by molar-refractivity contribution is -0.145. The van der Waals surface area contributed by atoms with E-state index in [-0.39, 0.29) is 11.5 Å². The third-order valence-corrected chi connectivity index (χ3v) is 2.96. The number of esters is 2. The zero-order chi connectivity index (χ0) is 18.3. The topological polar surface area (TPSA) is 81.7 Å². The monoisotopic (exact) mass is 343 g/mol. The van der Waals surface area contributed by atoms with E-state index in [1.54, 1.807) is 0 Å². The smallest absolute Gasteiger partial charge is 0.338 e. The van der Waals surface area contributed by atoms with Crippen molar-refractivity contribution < 1.29 is 32.6 Å². The molecule has 0 radical (unpaired) electrons. The molecule has 0 saturated heterocycles. The second kappa shape index (κ2) is 8.95. The first-order valence-corrected chi connectivity index (χ1v) is 7.23. The third kappa shape index (κ3) is 6.31. The third-order valence-electron chi connectivity index (χ3n) is 2.96. The van der Waals surface area contributed by atoms with Crippen LogP contribution in [0.15, 0.2) is 18.2 Å². The summed E-state index contributed by atoms with van der Waals surface area (Å²) in [6, 6.07) is 1.32. The molecule has 8 heteroatoms. The average Bonchev–Trinajstić information content (AvgIpc) is 2.49. The van der Waals surface area contributed by atoms with Gasteiger partial charge in [-0.3, -0.25) is 4.79 Å². The number of hydrogen-bond donors (Lipinski definition) is 1. The fourth-order valence-corrected chi connectivity index (χ4v) is 1.95. The summed E-state index contributed by atoms with van der Waals surface area (Å²) in [5.74, 6) is -4.15. The lowest BCUT2D eigenvalue weighted by Gasteiger charge is -2.18. The Hall–Kier alpha value is -2.51. The predicted molar refractivity (Wildman–Crippen MR) is 80.0 cm³/mol. The molecule has 1 amide bonds. The molecule has 0 fully saturated rings. The van der Waals surface area contributed by atoms with Crippen molar-refractivity contribution in [3.05, 3.63) is 35.4 Å². The SMILES string of the molecule is COC(=O)[C@H](CC(C)C)NC(=O)COC(=O)c1cc(F)cc(F)c1. The van der Waals surface area contributed by atoms with Gasteiger partial charge in [0, 0.05) is 6.07 Å². The van der Waals surface area contributed by atoms with Crippen molar-refractivity contribution in [2.45, 2.75) is 26.3 Å². The maximum Gasteiger partial charge on any atom is 0.338 e. The van der Waals surface area contributed by atoms with Gasteiger partial charge in [-0.15, -0.1) is 0 Å². The van der Waals surface area contributed by atoms with Crippen LogP contribution in [0, 0.1) is 17.6 Å². The largest absolute Gasteiger partial charge is 0.467 e. The van der Waals surface area contributed by atoms with Gasteiger partial charge >= 0.3 is 11.9 Å². The summed E-state index contributed by atoms with van der Waals surface area (Å²) in [5.41, 5.74) is -0.355. The molecule has 0 saturated carbocycles. The minimum Gasteiger partial charge on any atom is -0.467 e. The molecule has 0 aliphatic heterocycles. The minimum atomic E-state index is -1.05. The van der Waals surface area contributed by atoms with E-state index < -0.39 is 42.1 Å². The number of hydrogen-bond acceptors (Lipinski definition) is 5. The van der Waals surface area contributed by atoms with Gasteiger partial charge in [-0.25, -0.2) is 18.4 Å². The molecule has 6 nitrogen and oxygen atoms in total. The van der Waals surface area contributed by atoms with E-state index in [4.69, 9.17) is 0 Å². The average molecular weight is 343 g/mol. The molecule has 1 atom stereocenters. The molecule has 1 aromatic rings. The van der Waals surface area contributed by atoms with Crippen LogP contribution in [0.4, 0.5) is 8.78 Å². The van der Waals surface area contributed by atoms with E-state index in [1.807, 2.05) is 13.8 Å². The Balaban J connectivity index is 2.60. The van der Waals surface area contributed by atoms with Crippen molar-refractivity contribution in [2.24, 2.45) is 5.92 Å². The van der Waals surface area contributed by atoms with E-state index in [1.165, 1.54) is 7.11 Å². The molecule has 0 heterocycles. The molecule has 0 aliphatic carbocycles. The van der Waals surface area contributed by atoms with Gasteiger partial charge in [0.25, 0.3) is 5.91 Å². The van der Waals surface area contributed by atoms with Crippen LogP contribution in [0.25, 0.3) is 0 Å². The molecular weight excluding hydrogens is 324 g/mol. The number of nitrogens with one attached hydrogen (secondary N) is 1. The Labute approximate surface area is 138 Å². The summed E-state index contributed by atoms with van der Waals surface area (Å²) in [7, 11) is 1.19. The van der Waals surface area contributed by atoms with Gasteiger partial charge in [-0.05, 0) is 24.5 Å². The highest BCUT2D eigenvalue weighted by Crippen LogP contribution is 2.09. The summed E-state index contributed by atoms with van der Waals surface area (Å²) in [6.45, 7) is 3.03. The summed E-state index contributed by atoms with van der Waals surface area (Å²) in [6.07, 6.45) is 0.349. The summed E-state index contributed by atoms with van der Waals surface area (Å²) < 4.78 is 35.3. The van der Waals surface area contributed by atoms with E-state index >= 15 is 0 Å². The number of amides is 1. The van der Waals surface area contributed by atoms with Gasteiger partial charge in [-0.1, -0.05) is 13.8 Å². The van der Waals surface area contributed by atoms with Crippen LogP contribution >= 0.6 is 0 Å². The highest BCUT2D eigenvalue weighted by molar-refractivity contribution is 5.92. The van der Waals surface area contributed by atoms with E-state index in [9.17, 15) is 23.2 Å². The van der Waals surface area contributed by atoms with E-state index in [0.29, 0.717) is 12.5 Å². The fourth-order valence-electron chi connectivity index (χ4n) is 1.95. The van der Waals surface area contributed by atoms with Crippen molar-refractivity contribution in [1.29, 1.82) is 0 Å². The van der Waals surface area contributed by atoms with Crippen molar-refractivity contribution in [3.63, 3.8) is 0 Å². The highest BCUT2D eigenvalue weighted by Gasteiger charge is 2.23. The molecule has 1 rings (SSSR count). The van der Waals surface area contributed by atoms with Crippen molar-refractivity contribution in [3.8, 4) is 0 Å². The van der Waals surface area contributed by atoms with Gasteiger partial charge in [-0.2, -0.15) is 0 Å². The first-order valence-electron chi connectivity index (χ1n) is 7.23. The Morgan fingerprint density at radius 2 is 1.71 bits per heavy atom. The van der Waals surface area contributed by atoms with Crippen molar-refractivity contribution >= 4 is 17.8 Å². The number of carbonyl (C=O) groups excluding carboxylic acids is 3. The minimum absolute atomic E-state index is 0.118. The Morgan fingerprint density at radius 3 is 2.21 bits per heavy atom. The van der Waals surface area contributed by atoms with Gasteiger partial charge in [0.15, 0.2) is 6.61 Å². The molecular formula is C16H19F2NO5. The molecule has 0 unspecified atom stereocenters. The van der Waals surface area contributed by atoms with Crippen LogP contribution in [0.2, 0.25) is 0 Å². The molecule has 132 valence electrons. The van der Waals surface area contributed by atoms with Gasteiger partial charge in [0.05, 0.1) is 12.7 Å². The number of rotatable bonds is 7. The maximum atomic E-state index is 13.0. The standard InChI is InChI=1S/C16H19F2NO5/c1-9(2)4-13(16(22)23-3)19-14(20)8-24-15(21)10-5-11(17)7-12(18)6-10/h5-7,9,13H,4,8H2,1-3H3,(H,19,20)/t13-/m0/s1. The molecule has 1 aromatic carbocycles. The number of carbonyl (C=O) groups is 3. The van der Waals surface area contributed by atoms with Crippen LogP contribution in [0.1, 0.15) is 30.6 Å². The molecule has 0 aliphatic rings. The van der Waals surface area contributed by atoms with Crippen LogP contribution in [0.3, 0.4) is 0 Å². The normalized spacial score (nSPS) is 11.8. The number of ether oxygens (including phenoxy) is 2. The van der Waals surface area contributed by atoms with Gasteiger partial charge in [0.1, 0.15) is 17.7 Å². The lowest BCUT2D eigenvalue weighted by atomic mass is 10.0. The molecule has 24 heavy (non-hydrogen) atoms. The Morgan fingerprint density at radius 1 is 1.12 bits per heavy atom. The highest BCUT2D eigenvalue weighted by atomic mass is 19.1. The van der Waals surface area contributed by atoms with Crippen molar-refractivity contribution in [2.75, 3.05) is 13.7 Å². The zero-order valence-electron chi connectivity index (χ0n) is 13.6. The summed E-state index contributed by atoms with van der Waals surface area (Å²) >= 11 is 0. The zero-order valence-corrected chi connectivity index (χ0v) is 13.6. The molecule has 0 aromatic heterocycles. The van der Waals surface area contributed by atoms with Crippen LogP contribution in [0.5, 0.6) is 0 Å². The lowest BCUT2D eigenvalue weighted by Crippen LogP contribution is -2.44. The van der Waals surface area contributed by atoms with Gasteiger partial charge < -0.3 is 14.8 Å². The summed E-state index contributed by atoms with van der Waals surface area (Å²) in [5, 5.41) is 2.39. The first-order chi connectivity index (χ1) is 11.2. The van der Waals surface area contributed by atoms with Crippen molar-refractivity contribution in [1.82, 2.24) is 5.32 Å². The van der Waals surface area contributed by atoms with Gasteiger partial charge in [0.2, 0.25) is 0 Å². The van der Waals surface area contributed by atoms with E-state index in [0.717, 1.165) is 12.1 Å². The van der Waals surface area contributed by atoms with Crippen LogP contribution < -0.4 is 5.32 Å². The number of methoxy groups -OCH3 is 1. The quantitative estimate of drug-likeness (QED) is 0.764. The molecule has 1 N–H and O–H groups in total. The second-order valence-corrected chi connectivity index (χ2v) is 5.51. The maximum absolute atomic E-state index is 13.0. The Bertz CT molecular complexity index is 598. The number of halogens is 2.